The molecule has 34 heavy (non-hydrogen) atoms. The zero-order valence-electron chi connectivity index (χ0n) is 22.5. The molecule has 0 aromatic heterocycles. The number of benzene rings is 1. The fraction of sp³-hybridized carbons (Fsp3) is 0.700. The topological polar surface area (TPSA) is 47.6 Å². The van der Waals surface area contributed by atoms with Gasteiger partial charge >= 0.3 is 6.09 Å². The molecule has 0 saturated heterocycles. The molecular weight excluding hydrogens is 422 g/mol. The van der Waals surface area contributed by atoms with E-state index in [0.717, 1.165) is 24.8 Å². The Morgan fingerprint density at radius 2 is 1.50 bits per heavy atom. The van der Waals surface area contributed by atoms with Gasteiger partial charge in [-0.1, -0.05) is 88.6 Å². The molecule has 0 heterocycles. The van der Waals surface area contributed by atoms with Crippen LogP contribution in [-0.2, 0) is 16.1 Å². The molecule has 0 saturated carbocycles. The first kappa shape index (κ1) is 30.0. The first-order chi connectivity index (χ1) is 16.3. The smallest absolute Gasteiger partial charge is 0.407 e. The van der Waals surface area contributed by atoms with Crippen LogP contribution in [0.3, 0.4) is 0 Å². The highest BCUT2D eigenvalue weighted by Crippen LogP contribution is 2.14. The maximum absolute atomic E-state index is 12.2. The van der Waals surface area contributed by atoms with Gasteiger partial charge in [-0.2, -0.15) is 0 Å². The lowest BCUT2D eigenvalue weighted by Gasteiger charge is -2.27. The number of hydrogen-bond acceptors (Lipinski definition) is 3. The number of amides is 1. The normalized spacial score (nSPS) is 13.0. The summed E-state index contributed by atoms with van der Waals surface area (Å²) in [6.07, 6.45) is 14.0. The van der Waals surface area contributed by atoms with Crippen LogP contribution in [0.5, 0.6) is 0 Å². The third-order valence-corrected chi connectivity index (χ3v) is 5.69. The maximum atomic E-state index is 12.2. The van der Waals surface area contributed by atoms with Crippen molar-refractivity contribution in [3.63, 3.8) is 0 Å². The molecule has 0 aliphatic rings. The minimum Gasteiger partial charge on any atom is -0.444 e. The molecule has 0 aliphatic carbocycles. The number of carbonyl (C=O) groups excluding carboxylic acids is 1. The average molecular weight is 472 g/mol. The van der Waals surface area contributed by atoms with Crippen LogP contribution < -0.4 is 5.32 Å². The summed E-state index contributed by atoms with van der Waals surface area (Å²) >= 11 is 0. The van der Waals surface area contributed by atoms with Crippen LogP contribution in [0.4, 0.5) is 4.79 Å². The molecule has 0 radical (unpaired) electrons. The SMILES string of the molecule is CCCCCCCCCCCC#CCC[C@@H](OCc1ccccc1)[C@H](C)NC(=O)OC(C)(C)C. The molecule has 2 atom stereocenters. The Hall–Kier alpha value is -1.99. The highest BCUT2D eigenvalue weighted by molar-refractivity contribution is 5.68. The van der Waals surface area contributed by atoms with E-state index in [1.807, 2.05) is 58.0 Å². The fourth-order valence-electron chi connectivity index (χ4n) is 3.76. The van der Waals surface area contributed by atoms with Gasteiger partial charge in [-0.15, -0.1) is 11.8 Å². The summed E-state index contributed by atoms with van der Waals surface area (Å²) in [6, 6.07) is 9.94. The molecule has 4 nitrogen and oxygen atoms in total. The van der Waals surface area contributed by atoms with Gasteiger partial charge in [0.15, 0.2) is 0 Å². The summed E-state index contributed by atoms with van der Waals surface area (Å²) in [5, 5.41) is 2.94. The molecule has 1 aromatic rings. The summed E-state index contributed by atoms with van der Waals surface area (Å²) in [4.78, 5) is 12.2. The van der Waals surface area contributed by atoms with Crippen LogP contribution in [0.25, 0.3) is 0 Å². The monoisotopic (exact) mass is 471 g/mol. The summed E-state index contributed by atoms with van der Waals surface area (Å²) in [5.74, 6) is 6.64. The van der Waals surface area contributed by atoms with E-state index < -0.39 is 11.7 Å². The average Bonchev–Trinajstić information content (AvgIpc) is 2.78. The second-order valence-electron chi connectivity index (χ2n) is 10.2. The summed E-state index contributed by atoms with van der Waals surface area (Å²) in [5.41, 5.74) is 0.596. The lowest BCUT2D eigenvalue weighted by Crippen LogP contribution is -2.44. The van der Waals surface area contributed by atoms with Gasteiger partial charge in [0, 0.05) is 12.8 Å². The zero-order valence-corrected chi connectivity index (χ0v) is 22.5. The van der Waals surface area contributed by atoms with Crippen molar-refractivity contribution in [2.24, 2.45) is 0 Å². The Balaban J connectivity index is 2.37. The van der Waals surface area contributed by atoms with Crippen molar-refractivity contribution in [2.45, 2.75) is 136 Å². The third kappa shape index (κ3) is 16.6. The minimum atomic E-state index is -0.523. The summed E-state index contributed by atoms with van der Waals surface area (Å²) in [7, 11) is 0. The van der Waals surface area contributed by atoms with Gasteiger partial charge in [-0.05, 0) is 46.1 Å². The Morgan fingerprint density at radius 1 is 0.912 bits per heavy atom. The molecule has 4 heteroatoms. The molecular formula is C30H49NO3. The maximum Gasteiger partial charge on any atom is 0.407 e. The number of rotatable bonds is 16. The van der Waals surface area contributed by atoms with Crippen LogP contribution in [-0.4, -0.2) is 23.8 Å². The molecule has 0 aliphatic heterocycles. The zero-order chi connectivity index (χ0) is 25.1. The molecule has 0 bridgehead atoms. The van der Waals surface area contributed by atoms with E-state index in [1.165, 1.54) is 57.8 Å². The second kappa shape index (κ2) is 18.4. The van der Waals surface area contributed by atoms with Gasteiger partial charge in [0.25, 0.3) is 0 Å². The van der Waals surface area contributed by atoms with Crippen molar-refractivity contribution in [1.29, 1.82) is 0 Å². The molecule has 192 valence electrons. The highest BCUT2D eigenvalue weighted by Gasteiger charge is 2.23. The molecule has 1 N–H and O–H groups in total. The van der Waals surface area contributed by atoms with E-state index in [2.05, 4.69) is 24.1 Å². The first-order valence-electron chi connectivity index (χ1n) is 13.4. The Labute approximate surface area is 209 Å². The van der Waals surface area contributed by atoms with E-state index >= 15 is 0 Å². The van der Waals surface area contributed by atoms with Crippen molar-refractivity contribution in [3.05, 3.63) is 35.9 Å². The van der Waals surface area contributed by atoms with Gasteiger partial charge in [0.05, 0.1) is 18.8 Å². The first-order valence-corrected chi connectivity index (χ1v) is 13.4. The van der Waals surface area contributed by atoms with Gasteiger partial charge in [-0.25, -0.2) is 4.79 Å². The molecule has 1 rings (SSSR count). The number of hydrogen-bond donors (Lipinski definition) is 1. The summed E-state index contributed by atoms with van der Waals surface area (Å²) in [6.45, 7) is 10.3. The lowest BCUT2D eigenvalue weighted by atomic mass is 10.1. The van der Waals surface area contributed by atoms with E-state index in [4.69, 9.17) is 9.47 Å². The predicted molar refractivity (Wildman–Crippen MR) is 143 cm³/mol. The van der Waals surface area contributed by atoms with Crippen LogP contribution >= 0.6 is 0 Å². The Bertz CT molecular complexity index is 699. The quantitative estimate of drug-likeness (QED) is 0.195. The van der Waals surface area contributed by atoms with E-state index in [0.29, 0.717) is 6.61 Å². The van der Waals surface area contributed by atoms with Crippen LogP contribution in [0.1, 0.15) is 117 Å². The lowest BCUT2D eigenvalue weighted by molar-refractivity contribution is 0.00598. The minimum absolute atomic E-state index is 0.130. The van der Waals surface area contributed by atoms with Gasteiger partial charge in [0.2, 0.25) is 0 Å². The molecule has 1 amide bonds. The van der Waals surface area contributed by atoms with Crippen LogP contribution in [0.15, 0.2) is 30.3 Å². The van der Waals surface area contributed by atoms with Crippen molar-refractivity contribution >= 4 is 6.09 Å². The Morgan fingerprint density at radius 3 is 2.12 bits per heavy atom. The van der Waals surface area contributed by atoms with E-state index in [1.54, 1.807) is 0 Å². The van der Waals surface area contributed by atoms with Gasteiger partial charge < -0.3 is 14.8 Å². The number of alkyl carbamates (subject to hydrolysis) is 1. The summed E-state index contributed by atoms with van der Waals surface area (Å²) < 4.78 is 11.6. The van der Waals surface area contributed by atoms with Crippen LogP contribution in [0, 0.1) is 11.8 Å². The molecule has 0 unspecified atom stereocenters. The van der Waals surface area contributed by atoms with Gasteiger partial charge in [0.1, 0.15) is 5.60 Å². The van der Waals surface area contributed by atoms with E-state index in [-0.39, 0.29) is 12.1 Å². The number of unbranched alkanes of at least 4 members (excludes halogenated alkanes) is 9. The van der Waals surface area contributed by atoms with Crippen LogP contribution in [0.2, 0.25) is 0 Å². The number of nitrogens with one attached hydrogen (secondary N) is 1. The van der Waals surface area contributed by atoms with Crippen molar-refractivity contribution in [2.75, 3.05) is 0 Å². The van der Waals surface area contributed by atoms with E-state index in [9.17, 15) is 4.79 Å². The molecule has 0 fully saturated rings. The highest BCUT2D eigenvalue weighted by atomic mass is 16.6. The van der Waals surface area contributed by atoms with Crippen molar-refractivity contribution in [1.82, 2.24) is 5.32 Å². The van der Waals surface area contributed by atoms with Gasteiger partial charge in [-0.3, -0.25) is 0 Å². The molecule has 1 aromatic carbocycles. The predicted octanol–water partition coefficient (Wildman–Crippen LogP) is 8.19. The third-order valence-electron chi connectivity index (χ3n) is 5.69. The fourth-order valence-corrected chi connectivity index (χ4v) is 3.76. The van der Waals surface area contributed by atoms with Crippen molar-refractivity contribution in [3.8, 4) is 11.8 Å². The van der Waals surface area contributed by atoms with Crippen molar-refractivity contribution < 1.29 is 14.3 Å². The standard InChI is InChI=1S/C30H49NO3/c1-6-7-8-9-10-11-12-13-14-15-16-17-21-24-28(33-25-27-22-19-18-20-23-27)26(2)31-29(32)34-30(3,4)5/h18-20,22-23,26,28H,6-15,21,24-25H2,1-5H3,(H,31,32)/t26-,28+/m0/s1. The Kier molecular flexibility index (Phi) is 16.2. The molecule has 0 spiro atoms. The number of carbonyl (C=O) groups is 1. The number of ether oxygens (including phenoxy) is 2. The second-order valence-corrected chi connectivity index (χ2v) is 10.2. The largest absolute Gasteiger partial charge is 0.444 e.